The number of fused-ring (bicyclic) bond motifs is 1. The van der Waals surface area contributed by atoms with Crippen LogP contribution in [0.25, 0.3) is 0 Å². The van der Waals surface area contributed by atoms with Gasteiger partial charge in [0.15, 0.2) is 0 Å². The number of hydrogen-bond acceptors (Lipinski definition) is 1. The summed E-state index contributed by atoms with van der Waals surface area (Å²) >= 11 is 0. The molecule has 0 heterocycles. The highest BCUT2D eigenvalue weighted by Crippen LogP contribution is 2.49. The van der Waals surface area contributed by atoms with E-state index < -0.39 is 0 Å². The summed E-state index contributed by atoms with van der Waals surface area (Å²) in [5, 5.41) is 8.98. The van der Waals surface area contributed by atoms with Gasteiger partial charge in [0, 0.05) is 5.92 Å². The van der Waals surface area contributed by atoms with Crippen molar-refractivity contribution in [3.05, 3.63) is 0 Å². The Morgan fingerprint density at radius 3 is 2.86 bits per heavy atom. The summed E-state index contributed by atoms with van der Waals surface area (Å²) in [7, 11) is 0. The average molecular weight is 191 g/mol. The second-order valence-electron chi connectivity index (χ2n) is 5.16. The van der Waals surface area contributed by atoms with Crippen LogP contribution in [0.1, 0.15) is 51.9 Å². The largest absolute Gasteiger partial charge is 0.198 e. The third-order valence-corrected chi connectivity index (χ3v) is 4.49. The summed E-state index contributed by atoms with van der Waals surface area (Å²) in [5.74, 6) is 3.26. The normalized spacial score (nSPS) is 37.9. The Morgan fingerprint density at radius 2 is 2.14 bits per heavy atom. The van der Waals surface area contributed by atoms with Crippen LogP contribution in [-0.2, 0) is 0 Å². The van der Waals surface area contributed by atoms with Gasteiger partial charge in [-0.25, -0.2) is 0 Å². The highest BCUT2D eigenvalue weighted by molar-refractivity contribution is 4.93. The van der Waals surface area contributed by atoms with Crippen molar-refractivity contribution in [2.75, 3.05) is 0 Å². The molecule has 0 aromatic rings. The van der Waals surface area contributed by atoms with Crippen molar-refractivity contribution in [2.24, 2.45) is 23.7 Å². The van der Waals surface area contributed by atoms with Crippen molar-refractivity contribution < 1.29 is 0 Å². The van der Waals surface area contributed by atoms with E-state index in [1.807, 2.05) is 0 Å². The zero-order valence-electron chi connectivity index (χ0n) is 9.21. The highest BCUT2D eigenvalue weighted by Gasteiger charge is 2.39. The predicted molar refractivity (Wildman–Crippen MR) is 57.6 cm³/mol. The summed E-state index contributed by atoms with van der Waals surface area (Å²) in [6.45, 7) is 2.15. The molecule has 2 saturated carbocycles. The molecule has 2 aliphatic rings. The summed E-state index contributed by atoms with van der Waals surface area (Å²) in [6, 6.07) is 2.46. The number of nitrogens with zero attached hydrogens (tertiary/aromatic N) is 1. The van der Waals surface area contributed by atoms with E-state index in [2.05, 4.69) is 13.0 Å². The lowest BCUT2D eigenvalue weighted by atomic mass is 9.84. The van der Waals surface area contributed by atoms with Crippen LogP contribution < -0.4 is 0 Å². The fraction of sp³-hybridized carbons (Fsp3) is 0.923. The number of rotatable bonds is 3. The Hall–Kier alpha value is -0.510. The second kappa shape index (κ2) is 4.34. The fourth-order valence-corrected chi connectivity index (χ4v) is 3.66. The fourth-order valence-electron chi connectivity index (χ4n) is 3.66. The van der Waals surface area contributed by atoms with Crippen LogP contribution >= 0.6 is 0 Å². The molecule has 0 aromatic carbocycles. The molecule has 0 amide bonds. The molecule has 1 nitrogen and oxygen atoms in total. The summed E-state index contributed by atoms with van der Waals surface area (Å²) < 4.78 is 0. The molecule has 78 valence electrons. The third kappa shape index (κ3) is 1.80. The van der Waals surface area contributed by atoms with Gasteiger partial charge in [-0.05, 0) is 49.9 Å². The Bertz CT molecular complexity index is 228. The quantitative estimate of drug-likeness (QED) is 0.666. The number of nitriles is 1. The van der Waals surface area contributed by atoms with Crippen LogP contribution in [0.15, 0.2) is 0 Å². The molecule has 0 bridgehead atoms. The zero-order chi connectivity index (χ0) is 9.97. The molecule has 4 atom stereocenters. The van der Waals surface area contributed by atoms with Gasteiger partial charge < -0.3 is 0 Å². The molecular weight excluding hydrogens is 170 g/mol. The number of hydrogen-bond donors (Lipinski definition) is 0. The topological polar surface area (TPSA) is 23.8 Å². The molecule has 2 aliphatic carbocycles. The molecule has 1 heteroatoms. The lowest BCUT2D eigenvalue weighted by Crippen LogP contribution is -2.13. The van der Waals surface area contributed by atoms with Gasteiger partial charge in [-0.2, -0.15) is 5.26 Å². The molecule has 2 rings (SSSR count). The van der Waals surface area contributed by atoms with Gasteiger partial charge in [0.2, 0.25) is 0 Å². The van der Waals surface area contributed by atoms with Crippen LogP contribution in [0.4, 0.5) is 0 Å². The highest BCUT2D eigenvalue weighted by atomic mass is 14.4. The Labute approximate surface area is 87.5 Å². The van der Waals surface area contributed by atoms with Crippen LogP contribution in [0.3, 0.4) is 0 Å². The Morgan fingerprint density at radius 1 is 1.29 bits per heavy atom. The van der Waals surface area contributed by atoms with Gasteiger partial charge in [0.05, 0.1) is 6.07 Å². The Kier molecular flexibility index (Phi) is 3.11. The first-order valence-corrected chi connectivity index (χ1v) is 6.24. The van der Waals surface area contributed by atoms with E-state index in [0.717, 1.165) is 24.2 Å². The molecule has 0 spiro atoms. The van der Waals surface area contributed by atoms with Crippen molar-refractivity contribution in [3.63, 3.8) is 0 Å². The molecule has 3 unspecified atom stereocenters. The Balaban J connectivity index is 1.90. The lowest BCUT2D eigenvalue weighted by molar-refractivity contribution is 0.305. The van der Waals surface area contributed by atoms with Crippen molar-refractivity contribution in [1.82, 2.24) is 0 Å². The molecule has 14 heavy (non-hydrogen) atoms. The summed E-state index contributed by atoms with van der Waals surface area (Å²) in [4.78, 5) is 0. The van der Waals surface area contributed by atoms with E-state index in [9.17, 15) is 0 Å². The van der Waals surface area contributed by atoms with Crippen LogP contribution in [0.2, 0.25) is 0 Å². The van der Waals surface area contributed by atoms with Gasteiger partial charge in [-0.15, -0.1) is 0 Å². The van der Waals surface area contributed by atoms with Gasteiger partial charge in [-0.1, -0.05) is 19.8 Å². The predicted octanol–water partition coefficient (Wildman–Crippen LogP) is 3.75. The first kappa shape index (κ1) is 10.0. The third-order valence-electron chi connectivity index (χ3n) is 4.49. The molecule has 0 radical (unpaired) electrons. The smallest absolute Gasteiger partial charge is 0.0655 e. The molecule has 0 aromatic heterocycles. The van der Waals surface area contributed by atoms with Gasteiger partial charge in [0.25, 0.3) is 0 Å². The maximum absolute atomic E-state index is 8.98. The van der Waals surface area contributed by atoms with Crippen LogP contribution in [-0.4, -0.2) is 0 Å². The molecule has 2 fully saturated rings. The van der Waals surface area contributed by atoms with Crippen LogP contribution in [0.5, 0.6) is 0 Å². The van der Waals surface area contributed by atoms with Crippen molar-refractivity contribution in [2.45, 2.75) is 51.9 Å². The van der Waals surface area contributed by atoms with Crippen molar-refractivity contribution in [1.29, 1.82) is 5.26 Å². The van der Waals surface area contributed by atoms with Crippen molar-refractivity contribution >= 4 is 0 Å². The molecule has 0 saturated heterocycles. The zero-order valence-corrected chi connectivity index (χ0v) is 9.21. The maximum atomic E-state index is 8.98. The van der Waals surface area contributed by atoms with Gasteiger partial charge in [-0.3, -0.25) is 0 Å². The first-order valence-electron chi connectivity index (χ1n) is 6.24. The first-order chi connectivity index (χ1) is 6.85. The van der Waals surface area contributed by atoms with E-state index in [-0.39, 0.29) is 0 Å². The monoisotopic (exact) mass is 191 g/mol. The van der Waals surface area contributed by atoms with E-state index >= 15 is 0 Å². The van der Waals surface area contributed by atoms with E-state index in [1.54, 1.807) is 0 Å². The van der Waals surface area contributed by atoms with E-state index in [0.29, 0.717) is 5.92 Å². The minimum Gasteiger partial charge on any atom is -0.198 e. The molecule has 0 aliphatic heterocycles. The molecule has 0 N–H and O–H groups in total. The van der Waals surface area contributed by atoms with Crippen molar-refractivity contribution in [3.8, 4) is 6.07 Å². The second-order valence-corrected chi connectivity index (χ2v) is 5.16. The maximum Gasteiger partial charge on any atom is 0.0655 e. The van der Waals surface area contributed by atoms with E-state index in [1.165, 1.54) is 38.5 Å². The lowest BCUT2D eigenvalue weighted by Gasteiger charge is -2.20. The standard InChI is InChI=1S/C13H21N/c1-2-10(9-14)8-12-7-6-11-4-3-5-13(11)12/h10-13H,2-8H2,1H3/t10?,11-,12?,13?/m1/s1. The van der Waals surface area contributed by atoms with Crippen LogP contribution in [0, 0.1) is 35.0 Å². The summed E-state index contributed by atoms with van der Waals surface area (Å²) in [6.07, 6.45) is 9.49. The minimum atomic E-state index is 0.333. The summed E-state index contributed by atoms with van der Waals surface area (Å²) in [5.41, 5.74) is 0. The van der Waals surface area contributed by atoms with E-state index in [4.69, 9.17) is 5.26 Å². The van der Waals surface area contributed by atoms with Gasteiger partial charge >= 0.3 is 0 Å². The SMILES string of the molecule is CCC(C#N)CC1CC[C@H]2CCCC12. The van der Waals surface area contributed by atoms with Gasteiger partial charge in [0.1, 0.15) is 0 Å². The minimum absolute atomic E-state index is 0.333. The molecular formula is C13H21N. The average Bonchev–Trinajstić information content (AvgIpc) is 2.77.